The number of nitrogens with zero attached hydrogens (tertiary/aromatic N) is 3. The fraction of sp³-hybridized carbons (Fsp3) is 0.660. The average molecular weight is 1130 g/mol. The Hall–Kier alpha value is -4.27. The van der Waals surface area contributed by atoms with Crippen molar-refractivity contribution in [2.75, 3.05) is 115 Å². The second-order valence-corrected chi connectivity index (χ2v) is 21.6. The van der Waals surface area contributed by atoms with Crippen LogP contribution in [-0.4, -0.2) is 203 Å². The Balaban J connectivity index is 1.28. The first-order valence-corrected chi connectivity index (χ1v) is 28.8. The number of amides is 5. The van der Waals surface area contributed by atoms with Gasteiger partial charge in [0, 0.05) is 70.3 Å². The molecule has 0 aromatic heterocycles. The number of carbonyl (C=O) groups excluding carboxylic acids is 6. The van der Waals surface area contributed by atoms with E-state index in [1.54, 1.807) is 68.7 Å². The van der Waals surface area contributed by atoms with E-state index >= 15 is 0 Å². The lowest BCUT2D eigenvalue weighted by Gasteiger charge is -2.42. The molecule has 4 bridgehead atoms. The maximum Gasteiger partial charge on any atom is 0.409 e. The molecule has 2 fully saturated rings. The van der Waals surface area contributed by atoms with Crippen molar-refractivity contribution in [3.8, 4) is 5.75 Å². The van der Waals surface area contributed by atoms with Gasteiger partial charge in [-0.15, -0.1) is 0 Å². The summed E-state index contributed by atoms with van der Waals surface area (Å²) in [6, 6.07) is 2.46. The van der Waals surface area contributed by atoms with Gasteiger partial charge in [0.15, 0.2) is 12.3 Å². The van der Waals surface area contributed by atoms with Gasteiger partial charge < -0.3 is 63.5 Å². The van der Waals surface area contributed by atoms with Gasteiger partial charge in [-0.05, 0) is 57.4 Å². The van der Waals surface area contributed by atoms with E-state index in [0.29, 0.717) is 50.0 Å². The first-order valence-electron chi connectivity index (χ1n) is 24.5. The summed E-state index contributed by atoms with van der Waals surface area (Å²) < 4.78 is 40.4. The monoisotopic (exact) mass is 1130 g/mol. The zero-order chi connectivity index (χ0) is 55.3. The molecule has 3 heterocycles. The van der Waals surface area contributed by atoms with Crippen LogP contribution in [0.4, 0.5) is 10.5 Å². The van der Waals surface area contributed by atoms with Gasteiger partial charge in [0.2, 0.25) is 17.7 Å². The molecule has 8 atom stereocenters. The topological polar surface area (TPSA) is 255 Å². The smallest absolute Gasteiger partial charge is 0.409 e. The third-order valence-electron chi connectivity index (χ3n) is 12.7. The third-order valence-corrected chi connectivity index (χ3v) is 15.3. The lowest BCUT2D eigenvalue weighted by molar-refractivity contribution is -0.162. The predicted molar refractivity (Wildman–Crippen MR) is 291 cm³/mol. The highest BCUT2D eigenvalue weighted by atomic mass is 35.5. The zero-order valence-electron chi connectivity index (χ0n) is 44.6. The number of carbonyl (C=O) groups is 6. The van der Waals surface area contributed by atoms with E-state index in [9.17, 15) is 33.9 Å². The predicted octanol–water partition coefficient (Wildman–Crippen LogP) is 4.00. The molecule has 21 nitrogen and oxygen atoms in total. The Morgan fingerprint density at radius 2 is 1.71 bits per heavy atom. The molecule has 2 saturated heterocycles. The van der Waals surface area contributed by atoms with Crippen LogP contribution in [0.15, 0.2) is 41.1 Å². The molecule has 75 heavy (non-hydrogen) atoms. The number of methoxy groups -OCH3 is 2. The largest absolute Gasteiger partial charge is 0.495 e. The molecule has 25 heteroatoms. The summed E-state index contributed by atoms with van der Waals surface area (Å²) >= 11 is 11.3. The molecule has 0 spiro atoms. The quantitative estimate of drug-likeness (QED) is 0.0336. The number of hydrogen-bond acceptors (Lipinski definition) is 19. The first-order chi connectivity index (χ1) is 35.7. The normalized spacial score (nSPS) is 24.1. The summed E-state index contributed by atoms with van der Waals surface area (Å²) in [6.07, 6.45) is 4.49. The van der Waals surface area contributed by atoms with E-state index in [1.165, 1.54) is 49.8 Å². The lowest BCUT2D eigenvalue weighted by atomic mass is 9.83. The molecule has 0 radical (unpaired) electrons. The molecule has 4 rings (SSSR count). The summed E-state index contributed by atoms with van der Waals surface area (Å²) in [5.41, 5.74) is -0.237. The molecule has 3 aliphatic heterocycles. The van der Waals surface area contributed by atoms with Crippen molar-refractivity contribution in [1.29, 1.82) is 0 Å². The van der Waals surface area contributed by atoms with Crippen LogP contribution in [-0.2, 0) is 63.7 Å². The number of alkyl carbamates (subject to hydrolysis) is 1. The van der Waals surface area contributed by atoms with Gasteiger partial charge in [-0.3, -0.25) is 24.5 Å². The Morgan fingerprint density at radius 1 is 1.04 bits per heavy atom. The summed E-state index contributed by atoms with van der Waals surface area (Å²) in [5, 5.41) is 24.0. The fourth-order valence-corrected chi connectivity index (χ4v) is 10.4. The summed E-state index contributed by atoms with van der Waals surface area (Å²) in [5.74, 6) is -0.548. The van der Waals surface area contributed by atoms with Gasteiger partial charge >= 0.3 is 12.1 Å². The SMILES string of the molecule is COc1cc2cc(c1Cl)N(C)C(=O)CC(OC(=O)C(C)N(C)C(=O)CCSCC(=O)NCCOCCOCCNC(=O)CON=C(CSC)CSC)C1(C)OC1C(C)C1CC(O)(NC(=O)O1)C(OC)C=CC=C(C)C2. The second-order valence-electron chi connectivity index (χ2n) is 18.4. The lowest BCUT2D eigenvalue weighted by Crippen LogP contribution is -2.63. The van der Waals surface area contributed by atoms with Crippen LogP contribution in [0.25, 0.3) is 0 Å². The van der Waals surface area contributed by atoms with Crippen molar-refractivity contribution in [2.45, 2.75) is 95.2 Å². The number of hydrogen-bond donors (Lipinski definition) is 4. The number of likely N-dealkylation sites (N-methyl/N-ethyl adjacent to an activating group) is 1. The van der Waals surface area contributed by atoms with Crippen molar-refractivity contribution in [2.24, 2.45) is 11.1 Å². The maximum atomic E-state index is 14.3. The summed E-state index contributed by atoms with van der Waals surface area (Å²) in [6.45, 7) is 8.45. The molecule has 1 aromatic rings. The number of oxime groups is 1. The number of anilines is 1. The van der Waals surface area contributed by atoms with E-state index in [2.05, 4.69) is 21.1 Å². The van der Waals surface area contributed by atoms with E-state index in [-0.39, 0.29) is 67.5 Å². The van der Waals surface area contributed by atoms with Gasteiger partial charge in [0.1, 0.15) is 40.7 Å². The third kappa shape index (κ3) is 19.3. The van der Waals surface area contributed by atoms with Crippen molar-refractivity contribution >= 4 is 94.0 Å². The number of benzene rings is 1. The fourth-order valence-electron chi connectivity index (χ4n) is 8.28. The molecule has 8 unspecified atom stereocenters. The van der Waals surface area contributed by atoms with Gasteiger partial charge in [-0.1, -0.05) is 47.5 Å². The number of rotatable bonds is 26. The molecule has 0 aliphatic carbocycles. The second kappa shape index (κ2) is 31.2. The molecular formula is C50H75ClN6O15S3. The van der Waals surface area contributed by atoms with Crippen molar-refractivity contribution in [3.05, 3.63) is 46.5 Å². The van der Waals surface area contributed by atoms with Crippen LogP contribution in [0.5, 0.6) is 5.75 Å². The minimum Gasteiger partial charge on any atom is -0.495 e. The van der Waals surface area contributed by atoms with Crippen molar-refractivity contribution in [1.82, 2.24) is 20.9 Å². The van der Waals surface area contributed by atoms with E-state index in [0.717, 1.165) is 28.4 Å². The highest BCUT2D eigenvalue weighted by molar-refractivity contribution is 8.00. The maximum absolute atomic E-state index is 14.3. The van der Waals surface area contributed by atoms with Crippen LogP contribution in [0.3, 0.4) is 0 Å². The Bertz CT molecular complexity index is 2200. The van der Waals surface area contributed by atoms with E-state index < -0.39 is 65.7 Å². The van der Waals surface area contributed by atoms with Crippen molar-refractivity contribution in [3.63, 3.8) is 0 Å². The van der Waals surface area contributed by atoms with Crippen LogP contribution in [0.1, 0.15) is 52.5 Å². The number of allylic oxidation sites excluding steroid dienone is 3. The Morgan fingerprint density at radius 3 is 2.35 bits per heavy atom. The summed E-state index contributed by atoms with van der Waals surface area (Å²) in [4.78, 5) is 86.8. The van der Waals surface area contributed by atoms with Gasteiger partial charge in [-0.25, -0.2) is 9.59 Å². The molecule has 1 aromatic carbocycles. The number of halogens is 1. The Labute approximate surface area is 457 Å². The number of nitrogens with one attached hydrogen (secondary N) is 3. The van der Waals surface area contributed by atoms with Crippen LogP contribution in [0.2, 0.25) is 5.02 Å². The molecule has 3 aliphatic rings. The highest BCUT2D eigenvalue weighted by Gasteiger charge is 2.64. The van der Waals surface area contributed by atoms with Gasteiger partial charge in [0.25, 0.3) is 5.91 Å². The number of fused-ring (bicyclic) bond motifs is 5. The number of epoxide rings is 1. The highest BCUT2D eigenvalue weighted by Crippen LogP contribution is 2.49. The molecular weight excluding hydrogens is 1060 g/mol. The number of ether oxygens (including phenoxy) is 7. The first kappa shape index (κ1) is 63.3. The number of thioether (sulfide) groups is 3. The van der Waals surface area contributed by atoms with E-state index in [1.807, 2.05) is 25.5 Å². The van der Waals surface area contributed by atoms with Crippen molar-refractivity contribution < 1.29 is 71.9 Å². The standard InChI is InChI=1S/C50H75ClN6O15S3/c1-31-12-11-13-39(66-8)50(64)26-38(70-48(63)54-50)32(2)46-49(4,72-46)40(25-44(61)57(6)36-23-34(22-31)24-37(65-7)45(36)51)71-47(62)33(3)56(5)43(60)14-21-75-30-42(59)53-16-18-68-20-19-67-17-15-52-41(58)27-69-55-35(28-73-9)29-74-10/h11-13,23-24,32-33,38-40,46,64H,14-22,25-30H2,1-10H3,(H,52,58)(H,53,59)(H,54,63). The summed E-state index contributed by atoms with van der Waals surface area (Å²) in [7, 11) is 5.92. The molecule has 5 amide bonds. The number of aliphatic hydroxyl groups is 1. The molecule has 0 saturated carbocycles. The van der Waals surface area contributed by atoms with E-state index in [4.69, 9.17) is 49.6 Å². The number of esters is 1. The Kier molecular flexibility index (Phi) is 26.3. The average Bonchev–Trinajstić information content (AvgIpc) is 4.07. The molecule has 4 N–H and O–H groups in total. The minimum absolute atomic E-state index is 0.0193. The minimum atomic E-state index is -1.87. The molecule has 420 valence electrons. The van der Waals surface area contributed by atoms with Crippen LogP contribution >= 0.6 is 46.9 Å². The van der Waals surface area contributed by atoms with Crippen LogP contribution < -0.4 is 25.6 Å². The van der Waals surface area contributed by atoms with Gasteiger partial charge in [0.05, 0.1) is 63.2 Å². The van der Waals surface area contributed by atoms with Gasteiger partial charge in [-0.2, -0.15) is 35.3 Å². The zero-order valence-corrected chi connectivity index (χ0v) is 47.8. The van der Waals surface area contributed by atoms with Crippen LogP contribution in [0, 0.1) is 5.92 Å².